The van der Waals surface area contributed by atoms with E-state index in [0.29, 0.717) is 37.9 Å². The van der Waals surface area contributed by atoms with Crippen molar-refractivity contribution >= 4 is 34.9 Å². The van der Waals surface area contributed by atoms with Crippen molar-refractivity contribution in [3.05, 3.63) is 60.0 Å². The molecule has 1 amide bonds. The van der Waals surface area contributed by atoms with Gasteiger partial charge in [0.2, 0.25) is 5.91 Å². The highest BCUT2D eigenvalue weighted by Crippen LogP contribution is 2.38. The van der Waals surface area contributed by atoms with Crippen molar-refractivity contribution in [1.29, 1.82) is 0 Å². The minimum Gasteiger partial charge on any atom is -0.491 e. The molecule has 8 heteroatoms. The fourth-order valence-electron chi connectivity index (χ4n) is 3.32. The zero-order chi connectivity index (χ0) is 19.3. The van der Waals surface area contributed by atoms with Gasteiger partial charge in [0.15, 0.2) is 0 Å². The van der Waals surface area contributed by atoms with Crippen LogP contribution in [-0.4, -0.2) is 49.4 Å². The van der Waals surface area contributed by atoms with Crippen LogP contribution < -0.4 is 10.1 Å². The van der Waals surface area contributed by atoms with Crippen LogP contribution in [0.2, 0.25) is 0 Å². The molecule has 1 unspecified atom stereocenters. The molecule has 152 valence electrons. The third kappa shape index (κ3) is 4.48. The lowest BCUT2D eigenvalue weighted by Gasteiger charge is -2.12. The first-order chi connectivity index (χ1) is 13.8. The predicted molar refractivity (Wildman–Crippen MR) is 112 cm³/mol. The molecule has 3 aromatic rings. The van der Waals surface area contributed by atoms with Gasteiger partial charge in [-0.05, 0) is 23.8 Å². The summed E-state index contributed by atoms with van der Waals surface area (Å²) in [5, 5.41) is 3.76. The van der Waals surface area contributed by atoms with Crippen LogP contribution in [0.15, 0.2) is 48.8 Å². The average Bonchev–Trinajstić information content (AvgIpc) is 3.05. The quantitative estimate of drug-likeness (QED) is 0.569. The number of hydrogen-bond acceptors (Lipinski definition) is 6. The van der Waals surface area contributed by atoms with Gasteiger partial charge in [-0.15, -0.1) is 12.4 Å². The van der Waals surface area contributed by atoms with Gasteiger partial charge in [-0.3, -0.25) is 4.79 Å². The summed E-state index contributed by atoms with van der Waals surface area (Å²) in [7, 11) is 1.64. The molecule has 1 atom stereocenters. The second-order valence-corrected chi connectivity index (χ2v) is 6.40. The summed E-state index contributed by atoms with van der Waals surface area (Å²) in [6, 6.07) is 13.3. The van der Waals surface area contributed by atoms with Crippen LogP contribution in [0.25, 0.3) is 10.9 Å². The molecular formula is C21H22ClN3O4. The molecule has 29 heavy (non-hydrogen) atoms. The number of aromatic nitrogens is 2. The first-order valence-corrected chi connectivity index (χ1v) is 9.12. The average molecular weight is 416 g/mol. The van der Waals surface area contributed by atoms with Crippen LogP contribution >= 0.6 is 12.4 Å². The summed E-state index contributed by atoms with van der Waals surface area (Å²) in [6.07, 6.45) is 1.49. The van der Waals surface area contributed by atoms with Crippen molar-refractivity contribution in [2.45, 2.75) is 5.92 Å². The Kier molecular flexibility index (Phi) is 6.98. The molecule has 1 N–H and O–H groups in total. The van der Waals surface area contributed by atoms with Crippen LogP contribution in [0.3, 0.4) is 0 Å². The van der Waals surface area contributed by atoms with Crippen molar-refractivity contribution in [1.82, 2.24) is 9.97 Å². The Balaban J connectivity index is 0.00000240. The van der Waals surface area contributed by atoms with Gasteiger partial charge in [0.1, 0.15) is 24.6 Å². The van der Waals surface area contributed by atoms with E-state index >= 15 is 0 Å². The number of fused-ring (bicyclic) bond motifs is 2. The predicted octanol–water partition coefficient (Wildman–Crippen LogP) is 3.18. The van der Waals surface area contributed by atoms with Crippen molar-refractivity contribution in [2.24, 2.45) is 0 Å². The second-order valence-electron chi connectivity index (χ2n) is 6.40. The molecule has 2 heterocycles. The number of anilines is 1. The highest BCUT2D eigenvalue weighted by molar-refractivity contribution is 6.06. The molecule has 0 fully saturated rings. The SMILES string of the molecule is COCCOCCOc1ccc2c(C3C(=O)Nc4ccccc43)ncnc2c1.Cl. The Morgan fingerprint density at radius 1 is 1.03 bits per heavy atom. The molecule has 0 bridgehead atoms. The highest BCUT2D eigenvalue weighted by Gasteiger charge is 2.33. The monoisotopic (exact) mass is 415 g/mol. The van der Waals surface area contributed by atoms with Gasteiger partial charge < -0.3 is 19.5 Å². The second kappa shape index (κ2) is 9.65. The molecule has 0 saturated heterocycles. The number of hydrogen-bond donors (Lipinski definition) is 1. The van der Waals surface area contributed by atoms with Crippen molar-refractivity contribution in [3.8, 4) is 5.75 Å². The van der Waals surface area contributed by atoms with Gasteiger partial charge in [-0.2, -0.15) is 0 Å². The molecule has 0 saturated carbocycles. The minimum atomic E-state index is -0.442. The Hall–Kier alpha value is -2.74. The van der Waals surface area contributed by atoms with Crippen molar-refractivity contribution in [3.63, 3.8) is 0 Å². The zero-order valence-corrected chi connectivity index (χ0v) is 16.8. The summed E-state index contributed by atoms with van der Waals surface area (Å²) in [5.41, 5.74) is 3.20. The number of benzene rings is 2. The number of carbonyl (C=O) groups is 1. The summed E-state index contributed by atoms with van der Waals surface area (Å²) < 4.78 is 16.1. The normalized spacial score (nSPS) is 14.9. The molecule has 0 spiro atoms. The van der Waals surface area contributed by atoms with Gasteiger partial charge >= 0.3 is 0 Å². The molecule has 2 aromatic carbocycles. The number of amides is 1. The number of methoxy groups -OCH3 is 1. The molecular weight excluding hydrogens is 394 g/mol. The number of para-hydroxylation sites is 1. The van der Waals surface area contributed by atoms with E-state index in [-0.39, 0.29) is 18.3 Å². The van der Waals surface area contributed by atoms with Gasteiger partial charge in [0, 0.05) is 24.2 Å². The lowest BCUT2D eigenvalue weighted by atomic mass is 9.94. The molecule has 1 aromatic heterocycles. The Morgan fingerprint density at radius 3 is 2.72 bits per heavy atom. The van der Waals surface area contributed by atoms with Gasteiger partial charge in [0.05, 0.1) is 31.0 Å². The Labute approximate surface area is 174 Å². The molecule has 0 aliphatic carbocycles. The topological polar surface area (TPSA) is 82.6 Å². The van der Waals surface area contributed by atoms with Crippen LogP contribution in [0.1, 0.15) is 17.2 Å². The van der Waals surface area contributed by atoms with Gasteiger partial charge in [0.25, 0.3) is 0 Å². The standard InChI is InChI=1S/C21H21N3O4.ClH/c1-26-8-9-27-10-11-28-14-6-7-16-18(12-14)22-13-23-20(16)19-15-4-2-3-5-17(15)24-21(19)25;/h2-7,12-13,19H,8-11H2,1H3,(H,24,25);1H. The number of ether oxygens (including phenoxy) is 3. The number of nitrogens with one attached hydrogen (secondary N) is 1. The maximum atomic E-state index is 12.6. The van der Waals surface area contributed by atoms with Crippen molar-refractivity contribution in [2.75, 3.05) is 38.9 Å². The van der Waals surface area contributed by atoms with E-state index in [1.807, 2.05) is 42.5 Å². The van der Waals surface area contributed by atoms with Crippen LogP contribution in [-0.2, 0) is 14.3 Å². The maximum absolute atomic E-state index is 12.6. The smallest absolute Gasteiger partial charge is 0.238 e. The summed E-state index contributed by atoms with van der Waals surface area (Å²) in [5.74, 6) is 0.182. The van der Waals surface area contributed by atoms with Gasteiger partial charge in [-0.25, -0.2) is 9.97 Å². The molecule has 1 aliphatic rings. The molecule has 0 radical (unpaired) electrons. The van der Waals surface area contributed by atoms with E-state index in [9.17, 15) is 4.79 Å². The third-order valence-electron chi connectivity index (χ3n) is 4.63. The highest BCUT2D eigenvalue weighted by atomic mass is 35.5. The number of carbonyl (C=O) groups excluding carboxylic acids is 1. The van der Waals surface area contributed by atoms with E-state index in [1.54, 1.807) is 7.11 Å². The van der Waals surface area contributed by atoms with Crippen LogP contribution in [0, 0.1) is 0 Å². The first-order valence-electron chi connectivity index (χ1n) is 9.12. The maximum Gasteiger partial charge on any atom is 0.238 e. The summed E-state index contributed by atoms with van der Waals surface area (Å²) in [6.45, 7) is 2.02. The van der Waals surface area contributed by atoms with E-state index in [2.05, 4.69) is 15.3 Å². The van der Waals surface area contributed by atoms with Crippen LogP contribution in [0.4, 0.5) is 5.69 Å². The van der Waals surface area contributed by atoms with E-state index < -0.39 is 5.92 Å². The fraction of sp³-hybridized carbons (Fsp3) is 0.286. The van der Waals surface area contributed by atoms with E-state index in [4.69, 9.17) is 14.2 Å². The molecule has 7 nitrogen and oxygen atoms in total. The fourth-order valence-corrected chi connectivity index (χ4v) is 3.32. The zero-order valence-electron chi connectivity index (χ0n) is 16.0. The largest absolute Gasteiger partial charge is 0.491 e. The van der Waals surface area contributed by atoms with Crippen LogP contribution in [0.5, 0.6) is 5.75 Å². The van der Waals surface area contributed by atoms with E-state index in [1.165, 1.54) is 6.33 Å². The van der Waals surface area contributed by atoms with Crippen molar-refractivity contribution < 1.29 is 19.0 Å². The number of rotatable bonds is 8. The first kappa shape index (κ1) is 21.0. The van der Waals surface area contributed by atoms with E-state index in [0.717, 1.165) is 22.2 Å². The Bertz CT molecular complexity index is 999. The molecule has 1 aliphatic heterocycles. The number of halogens is 1. The minimum absolute atomic E-state index is 0. The Morgan fingerprint density at radius 2 is 1.86 bits per heavy atom. The summed E-state index contributed by atoms with van der Waals surface area (Å²) in [4.78, 5) is 21.4. The summed E-state index contributed by atoms with van der Waals surface area (Å²) >= 11 is 0. The third-order valence-corrected chi connectivity index (χ3v) is 4.63. The molecule has 4 rings (SSSR count). The lowest BCUT2D eigenvalue weighted by Crippen LogP contribution is -2.15. The number of nitrogens with zero attached hydrogens (tertiary/aromatic N) is 2. The lowest BCUT2D eigenvalue weighted by molar-refractivity contribution is -0.116. The van der Waals surface area contributed by atoms with Gasteiger partial charge in [-0.1, -0.05) is 18.2 Å².